The number of piperidine rings is 1. The minimum Gasteiger partial charge on any atom is -0.520 e. The van der Waals surface area contributed by atoms with Gasteiger partial charge in [0.05, 0.1) is 6.10 Å². The molecule has 141 valence electrons. The zero-order chi connectivity index (χ0) is 17.5. The first-order chi connectivity index (χ1) is 11.5. The van der Waals surface area contributed by atoms with Crippen molar-refractivity contribution in [1.29, 1.82) is 0 Å². The van der Waals surface area contributed by atoms with Crippen molar-refractivity contribution < 1.29 is 47.0 Å². The van der Waals surface area contributed by atoms with Crippen LogP contribution >= 0.6 is 0 Å². The molecule has 5 nitrogen and oxygen atoms in total. The van der Waals surface area contributed by atoms with Crippen LogP contribution in [-0.4, -0.2) is 49.1 Å². The third-order valence-electron chi connectivity index (χ3n) is 5.45. The zero-order valence-electron chi connectivity index (χ0n) is 16.0. The molecule has 0 aromatic rings. The first-order valence-corrected chi connectivity index (χ1v) is 9.54. The van der Waals surface area contributed by atoms with Crippen LogP contribution in [0.2, 0.25) is 0 Å². The van der Waals surface area contributed by atoms with Crippen molar-refractivity contribution in [3.05, 3.63) is 0 Å². The molecule has 2 aliphatic rings. The van der Waals surface area contributed by atoms with E-state index in [4.69, 9.17) is 4.74 Å². The van der Waals surface area contributed by atoms with E-state index in [2.05, 4.69) is 19.2 Å². The number of carbonyl (C=O) groups is 1. The number of nitrogens with one attached hydrogen (secondary N) is 1. The van der Waals surface area contributed by atoms with Gasteiger partial charge >= 0.3 is 0 Å². The summed E-state index contributed by atoms with van der Waals surface area (Å²) in [6, 6.07) is -0.636. The topological polar surface area (TPSA) is 58.6 Å². The molecule has 4 atom stereocenters. The Kier molecular flexibility index (Phi) is 10.7. The van der Waals surface area contributed by atoms with E-state index in [1.807, 2.05) is 11.8 Å². The molecule has 0 aromatic heterocycles. The first-order valence-electron chi connectivity index (χ1n) is 9.54. The Hall–Kier alpha value is 0.00390. The summed E-state index contributed by atoms with van der Waals surface area (Å²) in [4.78, 5) is 25.6. The third-order valence-corrected chi connectivity index (χ3v) is 5.45. The van der Waals surface area contributed by atoms with E-state index in [9.17, 15) is 9.59 Å². The molecule has 25 heavy (non-hydrogen) atoms. The molecule has 2 fully saturated rings. The quantitative estimate of drug-likeness (QED) is 0.503. The maximum Gasteiger partial charge on any atom is 0.245 e. The summed E-state index contributed by atoms with van der Waals surface area (Å²) in [5.41, 5.74) is 0. The SMILES string of the molecule is CC1CC(C)CN(C(=O)C(N[C-]=O)C(C)OCC2CCCCC2)C1.[Y]. The van der Waals surface area contributed by atoms with Crippen LogP contribution < -0.4 is 5.32 Å². The Balaban J connectivity index is 0.00000312. The average molecular weight is 426 g/mol. The monoisotopic (exact) mass is 426 g/mol. The molecule has 1 aliphatic carbocycles. The van der Waals surface area contributed by atoms with Crippen LogP contribution in [0.3, 0.4) is 0 Å². The molecular weight excluding hydrogens is 393 g/mol. The third kappa shape index (κ3) is 7.26. The second kappa shape index (κ2) is 11.7. The summed E-state index contributed by atoms with van der Waals surface area (Å²) >= 11 is 0. The van der Waals surface area contributed by atoms with Gasteiger partial charge < -0.3 is 19.7 Å². The molecule has 1 aliphatic heterocycles. The first kappa shape index (κ1) is 23.0. The van der Waals surface area contributed by atoms with Gasteiger partial charge in [0.2, 0.25) is 5.91 Å². The molecule has 2 rings (SSSR count). The minimum absolute atomic E-state index is 0. The molecule has 1 N–H and O–H groups in total. The fourth-order valence-corrected chi connectivity index (χ4v) is 4.22. The van der Waals surface area contributed by atoms with Crippen molar-refractivity contribution in [3.63, 3.8) is 0 Å². The summed E-state index contributed by atoms with van der Waals surface area (Å²) in [6.07, 6.45) is 8.80. The summed E-state index contributed by atoms with van der Waals surface area (Å²) in [7, 11) is 0. The fraction of sp³-hybridized carbons (Fsp3) is 0.895. The van der Waals surface area contributed by atoms with Gasteiger partial charge in [-0.2, -0.15) is 6.41 Å². The zero-order valence-corrected chi connectivity index (χ0v) is 18.8. The number of nitrogens with zero attached hydrogens (tertiary/aromatic N) is 1. The number of rotatable bonds is 7. The van der Waals surface area contributed by atoms with Gasteiger partial charge in [0, 0.05) is 52.4 Å². The number of ether oxygens (including phenoxy) is 1. The molecular formula is C19H33N2O3Y-. The normalized spacial score (nSPS) is 27.1. The van der Waals surface area contributed by atoms with Crippen LogP contribution in [0.4, 0.5) is 0 Å². The predicted octanol–water partition coefficient (Wildman–Crippen LogP) is 2.50. The Morgan fingerprint density at radius 3 is 2.36 bits per heavy atom. The van der Waals surface area contributed by atoms with Crippen molar-refractivity contribution in [3.8, 4) is 0 Å². The summed E-state index contributed by atoms with van der Waals surface area (Å²) < 4.78 is 5.97. The largest absolute Gasteiger partial charge is 0.520 e. The van der Waals surface area contributed by atoms with Gasteiger partial charge in [-0.1, -0.05) is 33.1 Å². The van der Waals surface area contributed by atoms with Crippen molar-refractivity contribution >= 4 is 12.3 Å². The van der Waals surface area contributed by atoms with Crippen molar-refractivity contribution in [2.45, 2.75) is 71.4 Å². The smallest absolute Gasteiger partial charge is 0.245 e. The Labute approximate surface area is 177 Å². The standard InChI is InChI=1S/C19H33N2O3.Y/c1-14-9-15(2)11-21(10-14)19(23)18(20-13-22)16(3)24-12-17-7-5-4-6-8-17;/h14-18H,4-12H2,1-3H3,(H,20,22);/q-1;. The van der Waals surface area contributed by atoms with Crippen LogP contribution in [0.1, 0.15) is 59.3 Å². The molecule has 0 bridgehead atoms. The van der Waals surface area contributed by atoms with Gasteiger partial charge in [-0.3, -0.25) is 4.79 Å². The number of likely N-dealkylation sites (tertiary alicyclic amines) is 1. The molecule has 1 saturated carbocycles. The second-order valence-corrected chi connectivity index (χ2v) is 7.96. The van der Waals surface area contributed by atoms with Crippen molar-refractivity contribution in [1.82, 2.24) is 10.2 Å². The predicted molar refractivity (Wildman–Crippen MR) is 94.1 cm³/mol. The van der Waals surface area contributed by atoms with Gasteiger partial charge in [-0.05, 0) is 43.9 Å². The Morgan fingerprint density at radius 2 is 1.80 bits per heavy atom. The number of hydrogen-bond acceptors (Lipinski definition) is 3. The molecule has 1 radical (unpaired) electrons. The molecule has 6 heteroatoms. The maximum absolute atomic E-state index is 12.9. The van der Waals surface area contributed by atoms with Gasteiger partial charge in [0.15, 0.2) is 0 Å². The Morgan fingerprint density at radius 1 is 1.20 bits per heavy atom. The number of carbonyl (C=O) groups excluding carboxylic acids is 2. The van der Waals surface area contributed by atoms with E-state index in [1.54, 1.807) is 6.41 Å². The Bertz CT molecular complexity index is 405. The fourth-order valence-electron chi connectivity index (χ4n) is 4.22. The van der Waals surface area contributed by atoms with Crippen LogP contribution in [0.5, 0.6) is 0 Å². The summed E-state index contributed by atoms with van der Waals surface area (Å²) in [5, 5.41) is 2.58. The number of hydrogen-bond donors (Lipinski definition) is 1. The summed E-state index contributed by atoms with van der Waals surface area (Å²) in [6.45, 7) is 8.43. The van der Waals surface area contributed by atoms with Crippen molar-refractivity contribution in [2.24, 2.45) is 17.8 Å². The van der Waals surface area contributed by atoms with E-state index >= 15 is 0 Å². The van der Waals surface area contributed by atoms with Crippen molar-refractivity contribution in [2.75, 3.05) is 19.7 Å². The molecule has 0 aromatic carbocycles. The molecule has 0 spiro atoms. The average Bonchev–Trinajstić information content (AvgIpc) is 2.57. The van der Waals surface area contributed by atoms with E-state index < -0.39 is 6.04 Å². The van der Waals surface area contributed by atoms with E-state index in [-0.39, 0.29) is 44.7 Å². The number of amides is 2. The van der Waals surface area contributed by atoms with Crippen LogP contribution in [-0.2, 0) is 47.0 Å². The molecule has 4 unspecified atom stereocenters. The van der Waals surface area contributed by atoms with Gasteiger partial charge in [-0.15, -0.1) is 0 Å². The van der Waals surface area contributed by atoms with Crippen LogP contribution in [0.25, 0.3) is 0 Å². The molecule has 1 heterocycles. The van der Waals surface area contributed by atoms with E-state index in [1.165, 1.54) is 32.1 Å². The van der Waals surface area contributed by atoms with Gasteiger partial charge in [-0.25, -0.2) is 0 Å². The van der Waals surface area contributed by atoms with Gasteiger partial charge in [0.25, 0.3) is 0 Å². The van der Waals surface area contributed by atoms with E-state index in [0.717, 1.165) is 19.5 Å². The van der Waals surface area contributed by atoms with Gasteiger partial charge in [0.1, 0.15) is 6.04 Å². The summed E-state index contributed by atoms with van der Waals surface area (Å²) in [5.74, 6) is 1.55. The van der Waals surface area contributed by atoms with E-state index in [0.29, 0.717) is 24.4 Å². The minimum atomic E-state index is -0.636. The van der Waals surface area contributed by atoms with Crippen LogP contribution in [0.15, 0.2) is 0 Å². The van der Waals surface area contributed by atoms with Crippen LogP contribution in [0, 0.1) is 17.8 Å². The second-order valence-electron chi connectivity index (χ2n) is 7.96. The molecule has 1 saturated heterocycles. The molecule has 2 amide bonds. The maximum atomic E-state index is 12.9.